The second-order valence-corrected chi connectivity index (χ2v) is 11.3. The maximum absolute atomic E-state index is 13.2. The molecule has 7 heteroatoms. The van der Waals surface area contributed by atoms with Gasteiger partial charge >= 0.3 is 0 Å². The van der Waals surface area contributed by atoms with Crippen molar-refractivity contribution in [2.75, 3.05) is 5.75 Å². The van der Waals surface area contributed by atoms with Crippen molar-refractivity contribution in [3.8, 4) is 11.4 Å². The van der Waals surface area contributed by atoms with Crippen LogP contribution in [0.2, 0.25) is 0 Å². The Morgan fingerprint density at radius 3 is 1.97 bits per heavy atom. The molecule has 3 aromatic rings. The van der Waals surface area contributed by atoms with E-state index in [4.69, 9.17) is 0 Å². The number of nitrogens with zero attached hydrogens (tertiary/aromatic N) is 4. The highest BCUT2D eigenvalue weighted by molar-refractivity contribution is 7.99. The molecule has 2 aromatic carbocycles. The highest BCUT2D eigenvalue weighted by Gasteiger charge is 2.28. The van der Waals surface area contributed by atoms with Gasteiger partial charge in [0.1, 0.15) is 5.75 Å². The SMILES string of the molecule is Cc1cc(C)cc(-n2nnnc2SCC(=O)c2cc(C(C)(C)C)c(O)c(C(C)(C)C)c2)c1. The summed E-state index contributed by atoms with van der Waals surface area (Å²) in [6, 6.07) is 9.76. The van der Waals surface area contributed by atoms with E-state index >= 15 is 0 Å². The molecule has 0 radical (unpaired) electrons. The van der Waals surface area contributed by atoms with Gasteiger partial charge in [-0.05, 0) is 70.5 Å². The first kappa shape index (κ1) is 24.0. The number of thioether (sulfide) groups is 1. The van der Waals surface area contributed by atoms with Crippen LogP contribution >= 0.6 is 11.8 Å². The van der Waals surface area contributed by atoms with E-state index in [2.05, 4.69) is 21.6 Å². The molecular formula is C25H32N4O2S. The Kier molecular flexibility index (Phi) is 6.52. The van der Waals surface area contributed by atoms with Crippen LogP contribution in [0.25, 0.3) is 5.69 Å². The molecule has 0 spiro atoms. The lowest BCUT2D eigenvalue weighted by atomic mass is 9.78. The highest BCUT2D eigenvalue weighted by Crippen LogP contribution is 2.40. The number of aryl methyl sites for hydroxylation is 2. The summed E-state index contributed by atoms with van der Waals surface area (Å²) in [4.78, 5) is 13.2. The Morgan fingerprint density at radius 2 is 1.47 bits per heavy atom. The Labute approximate surface area is 194 Å². The molecule has 0 saturated heterocycles. The third-order valence-corrected chi connectivity index (χ3v) is 6.19. The summed E-state index contributed by atoms with van der Waals surface area (Å²) in [6.07, 6.45) is 0. The Balaban J connectivity index is 1.90. The molecule has 0 atom stereocenters. The molecule has 0 saturated carbocycles. The van der Waals surface area contributed by atoms with E-state index in [0.717, 1.165) is 27.9 Å². The molecule has 0 aliphatic heterocycles. The standard InChI is InChI=1S/C25H32N4O2S/c1-15-9-16(2)11-18(10-15)29-23(26-27-28-29)32-14-21(30)17-12-19(24(3,4)5)22(31)20(13-17)25(6,7)8/h9-13,31H,14H2,1-8H3. The summed E-state index contributed by atoms with van der Waals surface area (Å²) in [6.45, 7) is 16.3. The monoisotopic (exact) mass is 452 g/mol. The zero-order valence-corrected chi connectivity index (χ0v) is 21.0. The van der Waals surface area contributed by atoms with E-state index < -0.39 is 0 Å². The summed E-state index contributed by atoms with van der Waals surface area (Å²) < 4.78 is 1.66. The van der Waals surface area contributed by atoms with Crippen molar-refractivity contribution in [2.45, 2.75) is 71.4 Å². The number of aromatic nitrogens is 4. The summed E-state index contributed by atoms with van der Waals surface area (Å²) in [5.74, 6) is 0.442. The minimum Gasteiger partial charge on any atom is -0.507 e. The number of hydrogen-bond acceptors (Lipinski definition) is 6. The maximum Gasteiger partial charge on any atom is 0.214 e. The minimum absolute atomic E-state index is 0.0269. The lowest BCUT2D eigenvalue weighted by Crippen LogP contribution is -2.19. The molecule has 0 aliphatic carbocycles. The molecule has 1 heterocycles. The van der Waals surface area contributed by atoms with Gasteiger partial charge in [-0.2, -0.15) is 4.68 Å². The van der Waals surface area contributed by atoms with Crippen LogP contribution in [0, 0.1) is 13.8 Å². The Bertz CT molecular complexity index is 1100. The normalized spacial score (nSPS) is 12.2. The van der Waals surface area contributed by atoms with Crippen molar-refractivity contribution in [2.24, 2.45) is 0 Å². The fourth-order valence-corrected chi connectivity index (χ4v) is 4.44. The van der Waals surface area contributed by atoms with Crippen molar-refractivity contribution >= 4 is 17.5 Å². The van der Waals surface area contributed by atoms with Gasteiger partial charge in [0.25, 0.3) is 0 Å². The maximum atomic E-state index is 13.2. The molecule has 0 unspecified atom stereocenters. The number of benzene rings is 2. The molecule has 0 amide bonds. The molecule has 1 N–H and O–H groups in total. The fraction of sp³-hybridized carbons (Fsp3) is 0.440. The van der Waals surface area contributed by atoms with E-state index in [1.807, 2.05) is 79.7 Å². The Hall–Kier alpha value is -2.67. The van der Waals surface area contributed by atoms with Crippen LogP contribution in [0.15, 0.2) is 35.5 Å². The largest absolute Gasteiger partial charge is 0.507 e. The third-order valence-electron chi connectivity index (χ3n) is 5.27. The van der Waals surface area contributed by atoms with Crippen LogP contribution in [-0.2, 0) is 10.8 Å². The van der Waals surface area contributed by atoms with Crippen molar-refractivity contribution in [3.05, 3.63) is 58.1 Å². The van der Waals surface area contributed by atoms with Gasteiger partial charge in [0, 0.05) is 16.7 Å². The number of Topliss-reactive ketones (excluding diaryl/α,β-unsaturated/α-hetero) is 1. The zero-order chi connectivity index (χ0) is 23.8. The molecule has 32 heavy (non-hydrogen) atoms. The van der Waals surface area contributed by atoms with Gasteiger partial charge in [-0.25, -0.2) is 0 Å². The summed E-state index contributed by atoms with van der Waals surface area (Å²) in [5.41, 5.74) is 4.68. The number of aromatic hydroxyl groups is 1. The summed E-state index contributed by atoms with van der Waals surface area (Å²) in [7, 11) is 0. The van der Waals surface area contributed by atoms with E-state index in [1.54, 1.807) is 4.68 Å². The topological polar surface area (TPSA) is 80.9 Å². The molecule has 3 rings (SSSR count). The van der Waals surface area contributed by atoms with Crippen molar-refractivity contribution in [1.82, 2.24) is 20.2 Å². The minimum atomic E-state index is -0.291. The fourth-order valence-electron chi connectivity index (χ4n) is 3.66. The number of rotatable bonds is 5. The molecule has 0 fully saturated rings. The van der Waals surface area contributed by atoms with Crippen LogP contribution in [0.3, 0.4) is 0 Å². The van der Waals surface area contributed by atoms with Gasteiger partial charge in [0.15, 0.2) is 5.78 Å². The zero-order valence-electron chi connectivity index (χ0n) is 20.1. The molecule has 170 valence electrons. The number of tetrazole rings is 1. The molecule has 0 aliphatic rings. The first-order chi connectivity index (χ1) is 14.8. The lowest BCUT2D eigenvalue weighted by Gasteiger charge is -2.28. The average molecular weight is 453 g/mol. The number of hydrogen-bond donors (Lipinski definition) is 1. The van der Waals surface area contributed by atoms with Crippen LogP contribution in [-0.4, -0.2) is 36.8 Å². The van der Waals surface area contributed by atoms with E-state index in [-0.39, 0.29) is 28.1 Å². The molecular weight excluding hydrogens is 420 g/mol. The van der Waals surface area contributed by atoms with Crippen LogP contribution in [0.5, 0.6) is 5.75 Å². The molecule has 0 bridgehead atoms. The van der Waals surface area contributed by atoms with Gasteiger partial charge in [-0.3, -0.25) is 4.79 Å². The third kappa shape index (κ3) is 5.21. The van der Waals surface area contributed by atoms with Crippen LogP contribution in [0.4, 0.5) is 0 Å². The van der Waals surface area contributed by atoms with Crippen molar-refractivity contribution in [3.63, 3.8) is 0 Å². The second kappa shape index (κ2) is 8.70. The van der Waals surface area contributed by atoms with E-state index in [0.29, 0.717) is 10.7 Å². The first-order valence-corrected chi connectivity index (χ1v) is 11.7. The quantitative estimate of drug-likeness (QED) is 0.403. The average Bonchev–Trinajstić information content (AvgIpc) is 3.12. The van der Waals surface area contributed by atoms with E-state index in [9.17, 15) is 9.90 Å². The van der Waals surface area contributed by atoms with Crippen molar-refractivity contribution < 1.29 is 9.90 Å². The number of carbonyl (C=O) groups is 1. The smallest absolute Gasteiger partial charge is 0.214 e. The predicted molar refractivity (Wildman–Crippen MR) is 129 cm³/mol. The highest BCUT2D eigenvalue weighted by atomic mass is 32.2. The predicted octanol–water partition coefficient (Wildman–Crippen LogP) is 5.55. The summed E-state index contributed by atoms with van der Waals surface area (Å²) in [5, 5.41) is 23.5. The van der Waals surface area contributed by atoms with E-state index in [1.165, 1.54) is 11.8 Å². The van der Waals surface area contributed by atoms with Gasteiger partial charge in [-0.1, -0.05) is 59.4 Å². The van der Waals surface area contributed by atoms with Gasteiger partial charge in [0.05, 0.1) is 11.4 Å². The first-order valence-electron chi connectivity index (χ1n) is 10.7. The van der Waals surface area contributed by atoms with Crippen LogP contribution < -0.4 is 0 Å². The number of ketones is 1. The lowest BCUT2D eigenvalue weighted by molar-refractivity contribution is 0.102. The number of carbonyl (C=O) groups excluding carboxylic acids is 1. The van der Waals surface area contributed by atoms with Crippen LogP contribution in [0.1, 0.15) is 74.2 Å². The number of phenolic OH excluding ortho intramolecular Hbond substituents is 1. The number of phenols is 1. The Morgan fingerprint density at radius 1 is 0.938 bits per heavy atom. The second-order valence-electron chi connectivity index (χ2n) is 10.4. The van der Waals surface area contributed by atoms with Crippen molar-refractivity contribution in [1.29, 1.82) is 0 Å². The molecule has 6 nitrogen and oxygen atoms in total. The van der Waals surface area contributed by atoms with Gasteiger partial charge < -0.3 is 5.11 Å². The van der Waals surface area contributed by atoms with Gasteiger partial charge in [0.2, 0.25) is 5.16 Å². The van der Waals surface area contributed by atoms with Gasteiger partial charge in [-0.15, -0.1) is 5.10 Å². The summed E-state index contributed by atoms with van der Waals surface area (Å²) >= 11 is 1.31. The molecule has 1 aromatic heterocycles.